The molecule has 29 heavy (non-hydrogen) atoms. The van der Waals surface area contributed by atoms with Crippen molar-refractivity contribution in [2.75, 3.05) is 39.3 Å². The lowest BCUT2D eigenvalue weighted by Gasteiger charge is -2.35. The topological polar surface area (TPSA) is 120 Å². The lowest BCUT2D eigenvalue weighted by molar-refractivity contribution is -0.121. The van der Waals surface area contributed by atoms with Crippen LogP contribution in [0.3, 0.4) is 0 Å². The summed E-state index contributed by atoms with van der Waals surface area (Å²) in [7, 11) is -3.45. The maximum atomic E-state index is 12.5. The van der Waals surface area contributed by atoms with Crippen LogP contribution in [0.2, 0.25) is 0 Å². The van der Waals surface area contributed by atoms with E-state index in [1.165, 1.54) is 10.6 Å². The molecule has 0 aliphatic carbocycles. The summed E-state index contributed by atoms with van der Waals surface area (Å²) in [6.07, 6.45) is 1.36. The largest absolute Gasteiger partial charge is 0.364 e. The van der Waals surface area contributed by atoms with E-state index in [2.05, 4.69) is 20.8 Å². The lowest BCUT2D eigenvalue weighted by Crippen LogP contribution is -2.54. The average Bonchev–Trinajstić information content (AvgIpc) is 3.09. The van der Waals surface area contributed by atoms with E-state index in [0.717, 1.165) is 0 Å². The molecule has 0 aromatic carbocycles. The zero-order valence-corrected chi connectivity index (χ0v) is 20.5. The lowest BCUT2D eigenvalue weighted by atomic mass is 10.1. The Hall–Kier alpha value is -1.41. The Balaban J connectivity index is 0.00000420. The molecule has 0 radical (unpaired) electrons. The fraction of sp³-hybridized carbons (Fsp3) is 0.706. The van der Waals surface area contributed by atoms with Gasteiger partial charge in [-0.1, -0.05) is 5.16 Å². The van der Waals surface area contributed by atoms with Crippen LogP contribution in [0.15, 0.2) is 21.8 Å². The van der Waals surface area contributed by atoms with Crippen molar-refractivity contribution in [3.63, 3.8) is 0 Å². The highest BCUT2D eigenvalue weighted by Crippen LogP contribution is 2.13. The predicted octanol–water partition coefficient (Wildman–Crippen LogP) is 0.620. The number of amides is 1. The Morgan fingerprint density at radius 1 is 1.28 bits per heavy atom. The van der Waals surface area contributed by atoms with Crippen molar-refractivity contribution in [1.82, 2.24) is 25.0 Å². The van der Waals surface area contributed by atoms with Gasteiger partial charge in [0.2, 0.25) is 15.9 Å². The second-order valence-corrected chi connectivity index (χ2v) is 9.57. The summed E-state index contributed by atoms with van der Waals surface area (Å²) < 4.78 is 31.2. The van der Waals surface area contributed by atoms with Crippen LogP contribution < -0.4 is 10.6 Å². The van der Waals surface area contributed by atoms with Crippen LogP contribution >= 0.6 is 24.0 Å². The number of rotatable bonds is 6. The molecule has 1 fully saturated rings. The highest BCUT2D eigenvalue weighted by molar-refractivity contribution is 14.0. The normalized spacial score (nSPS) is 16.3. The van der Waals surface area contributed by atoms with Gasteiger partial charge in [0.05, 0.1) is 5.69 Å². The van der Waals surface area contributed by atoms with Crippen LogP contribution in [-0.4, -0.2) is 79.5 Å². The number of nitrogens with zero attached hydrogens (tertiary/aromatic N) is 4. The molecular weight excluding hydrogens is 511 g/mol. The van der Waals surface area contributed by atoms with Gasteiger partial charge in [-0.25, -0.2) is 13.4 Å². The van der Waals surface area contributed by atoms with Crippen molar-refractivity contribution >= 4 is 45.9 Å². The zero-order valence-electron chi connectivity index (χ0n) is 17.3. The van der Waals surface area contributed by atoms with Crippen LogP contribution in [0, 0.1) is 0 Å². The Morgan fingerprint density at radius 2 is 1.93 bits per heavy atom. The van der Waals surface area contributed by atoms with Crippen molar-refractivity contribution in [1.29, 1.82) is 0 Å². The molecule has 0 bridgehead atoms. The first-order valence-corrected chi connectivity index (χ1v) is 10.9. The monoisotopic (exact) mass is 542 g/mol. The summed E-state index contributed by atoms with van der Waals surface area (Å²) in [5.41, 5.74) is 0.0802. The first kappa shape index (κ1) is 25.6. The molecule has 166 valence electrons. The van der Waals surface area contributed by atoms with Gasteiger partial charge in [-0.2, -0.15) is 4.31 Å². The van der Waals surface area contributed by atoms with Crippen LogP contribution in [0.4, 0.5) is 0 Å². The van der Waals surface area contributed by atoms with Gasteiger partial charge in [-0.15, -0.1) is 24.0 Å². The third-order valence-corrected chi connectivity index (χ3v) is 5.79. The second-order valence-electron chi connectivity index (χ2n) is 7.60. The Kier molecular flexibility index (Phi) is 9.82. The van der Waals surface area contributed by atoms with Crippen molar-refractivity contribution in [2.24, 2.45) is 4.99 Å². The van der Waals surface area contributed by atoms with E-state index in [9.17, 15) is 13.2 Å². The Labute approximate surface area is 189 Å². The molecular formula is C17H31IN6O4S. The molecule has 1 amide bonds. The average molecular weight is 542 g/mol. The van der Waals surface area contributed by atoms with Crippen molar-refractivity contribution < 1.29 is 17.7 Å². The summed E-state index contributed by atoms with van der Waals surface area (Å²) in [5, 5.41) is 9.71. The van der Waals surface area contributed by atoms with Crippen LogP contribution in [0.1, 0.15) is 33.4 Å². The van der Waals surface area contributed by atoms with E-state index >= 15 is 0 Å². The molecule has 1 aliphatic heterocycles. The molecule has 10 nitrogen and oxygen atoms in total. The molecule has 0 spiro atoms. The summed E-state index contributed by atoms with van der Waals surface area (Å²) in [4.78, 5) is 18.4. The summed E-state index contributed by atoms with van der Waals surface area (Å²) in [6.45, 7) is 10.0. The first-order valence-electron chi connectivity index (χ1n) is 9.32. The number of aromatic nitrogens is 1. The quantitative estimate of drug-likeness (QED) is 0.307. The van der Waals surface area contributed by atoms with E-state index < -0.39 is 10.0 Å². The fourth-order valence-electron chi connectivity index (χ4n) is 2.80. The third kappa shape index (κ3) is 8.46. The molecule has 1 aliphatic rings. The molecule has 2 rings (SSSR count). The molecule has 2 N–H and O–H groups in total. The number of hydrogen-bond acceptors (Lipinski definition) is 6. The standard InChI is InChI=1S/C17H30N6O4S.HI/c1-5-18-16(19-12-15(24)20-17(2,3)4)22-7-9-23(10-8-22)28(25,26)13-14-6-11-27-21-14;/h6,11H,5,7-10,12-13H2,1-4H3,(H,18,19)(H,20,24);1H. The number of hydrogen-bond donors (Lipinski definition) is 2. The highest BCUT2D eigenvalue weighted by Gasteiger charge is 2.29. The predicted molar refractivity (Wildman–Crippen MR) is 122 cm³/mol. The van der Waals surface area contributed by atoms with Gasteiger partial charge in [0.15, 0.2) is 5.96 Å². The van der Waals surface area contributed by atoms with Crippen molar-refractivity contribution in [3.05, 3.63) is 18.0 Å². The minimum Gasteiger partial charge on any atom is -0.364 e. The summed E-state index contributed by atoms with van der Waals surface area (Å²) >= 11 is 0. The van der Waals surface area contributed by atoms with Crippen LogP contribution in [-0.2, 0) is 20.6 Å². The smallest absolute Gasteiger partial charge is 0.242 e. The number of carbonyl (C=O) groups excluding carboxylic acids is 1. The van der Waals surface area contributed by atoms with Gasteiger partial charge in [0, 0.05) is 44.3 Å². The van der Waals surface area contributed by atoms with Crippen molar-refractivity contribution in [3.8, 4) is 0 Å². The maximum absolute atomic E-state index is 12.5. The third-order valence-electron chi connectivity index (χ3n) is 3.97. The molecule has 1 saturated heterocycles. The Morgan fingerprint density at radius 3 is 2.45 bits per heavy atom. The van der Waals surface area contributed by atoms with Crippen LogP contribution in [0.25, 0.3) is 0 Å². The van der Waals surface area contributed by atoms with Gasteiger partial charge in [0.25, 0.3) is 0 Å². The van der Waals surface area contributed by atoms with E-state index in [0.29, 0.717) is 44.4 Å². The minimum atomic E-state index is -3.45. The van der Waals surface area contributed by atoms with E-state index in [1.807, 2.05) is 32.6 Å². The summed E-state index contributed by atoms with van der Waals surface area (Å²) in [6, 6.07) is 1.55. The van der Waals surface area contributed by atoms with Gasteiger partial charge in [-0.05, 0) is 27.7 Å². The molecule has 1 aromatic heterocycles. The number of aliphatic imine (C=N–C) groups is 1. The maximum Gasteiger partial charge on any atom is 0.242 e. The van der Waals surface area contributed by atoms with E-state index in [1.54, 1.807) is 6.07 Å². The highest BCUT2D eigenvalue weighted by atomic mass is 127. The fourth-order valence-corrected chi connectivity index (χ4v) is 4.22. The Bertz CT molecular complexity index is 768. The number of piperazine rings is 1. The molecule has 1 aromatic rings. The van der Waals surface area contributed by atoms with Gasteiger partial charge >= 0.3 is 0 Å². The molecule has 12 heteroatoms. The first-order chi connectivity index (χ1) is 13.1. The van der Waals surface area contributed by atoms with Gasteiger partial charge in [-0.3, -0.25) is 4.79 Å². The SMILES string of the molecule is CCNC(=NCC(=O)NC(C)(C)C)N1CCN(S(=O)(=O)Cc2ccon2)CC1.I. The van der Waals surface area contributed by atoms with Gasteiger partial charge < -0.3 is 20.1 Å². The number of nitrogens with one attached hydrogen (secondary N) is 2. The molecule has 0 unspecified atom stereocenters. The number of carbonyl (C=O) groups is 1. The summed E-state index contributed by atoms with van der Waals surface area (Å²) in [5.74, 6) is 0.279. The van der Waals surface area contributed by atoms with E-state index in [4.69, 9.17) is 4.52 Å². The second kappa shape index (κ2) is 11.1. The van der Waals surface area contributed by atoms with E-state index in [-0.39, 0.29) is 47.7 Å². The number of sulfonamides is 1. The number of halogens is 1. The number of guanidine groups is 1. The molecule has 2 heterocycles. The minimum absolute atomic E-state index is 0. The molecule has 0 atom stereocenters. The van der Waals surface area contributed by atoms with Gasteiger partial charge in [0.1, 0.15) is 18.6 Å². The van der Waals surface area contributed by atoms with Crippen LogP contribution in [0.5, 0.6) is 0 Å². The zero-order chi connectivity index (χ0) is 20.8. The van der Waals surface area contributed by atoms with Crippen molar-refractivity contribution in [2.45, 2.75) is 39.0 Å². The molecule has 0 saturated carbocycles.